The summed E-state index contributed by atoms with van der Waals surface area (Å²) in [7, 11) is 0. The minimum Gasteiger partial charge on any atom is -0.433 e. The summed E-state index contributed by atoms with van der Waals surface area (Å²) in [6, 6.07) is 0. The van der Waals surface area contributed by atoms with Crippen LogP contribution < -0.4 is 0 Å². The molecule has 0 rings (SSSR count). The first kappa shape index (κ1) is 24.6. The van der Waals surface area contributed by atoms with E-state index >= 15 is 0 Å². The molecule has 0 saturated heterocycles. The van der Waals surface area contributed by atoms with Crippen molar-refractivity contribution in [3.8, 4) is 0 Å². The largest absolute Gasteiger partial charge is 0.433 e. The SMILES string of the molecule is O=C(CCCCC(=O)OC(O)[C@@H](O)[C@@H](O)CO)OC(O)[C@@H](O)[C@@H](O)CO. The maximum Gasteiger partial charge on any atom is 0.308 e. The predicted molar refractivity (Wildman–Crippen MR) is 80.9 cm³/mol. The van der Waals surface area contributed by atoms with E-state index in [1.165, 1.54) is 0 Å². The molecule has 12 heteroatoms. The van der Waals surface area contributed by atoms with Gasteiger partial charge in [0.2, 0.25) is 12.6 Å². The number of aliphatic hydroxyl groups is 8. The fourth-order valence-electron chi connectivity index (χ4n) is 1.66. The first-order valence-corrected chi connectivity index (χ1v) is 7.83. The number of hydrogen-bond donors (Lipinski definition) is 8. The molecule has 0 radical (unpaired) electrons. The van der Waals surface area contributed by atoms with Gasteiger partial charge in [0.15, 0.2) is 0 Å². The second-order valence-electron chi connectivity index (χ2n) is 5.45. The summed E-state index contributed by atoms with van der Waals surface area (Å²) in [4.78, 5) is 22.8. The van der Waals surface area contributed by atoms with Crippen LogP contribution in [0, 0.1) is 0 Å². The molecule has 0 fully saturated rings. The molecule has 0 aromatic heterocycles. The van der Waals surface area contributed by atoms with Crippen LogP contribution in [0.15, 0.2) is 0 Å². The van der Waals surface area contributed by atoms with Gasteiger partial charge in [-0.05, 0) is 12.8 Å². The number of carbonyl (C=O) groups is 2. The Balaban J connectivity index is 4.00. The molecule has 8 N–H and O–H groups in total. The van der Waals surface area contributed by atoms with Gasteiger partial charge in [0.05, 0.1) is 13.2 Å². The quantitative estimate of drug-likeness (QED) is 0.0857. The zero-order valence-corrected chi connectivity index (χ0v) is 13.9. The zero-order chi connectivity index (χ0) is 20.3. The second kappa shape index (κ2) is 12.9. The maximum absolute atomic E-state index is 11.4. The van der Waals surface area contributed by atoms with Gasteiger partial charge in [-0.2, -0.15) is 0 Å². The van der Waals surface area contributed by atoms with Crippen molar-refractivity contribution in [1.29, 1.82) is 0 Å². The van der Waals surface area contributed by atoms with Crippen molar-refractivity contribution < 1.29 is 59.9 Å². The van der Waals surface area contributed by atoms with Gasteiger partial charge >= 0.3 is 11.9 Å². The van der Waals surface area contributed by atoms with E-state index in [4.69, 9.17) is 20.4 Å². The Hall–Kier alpha value is -1.38. The van der Waals surface area contributed by atoms with E-state index in [0.29, 0.717) is 0 Å². The molecule has 0 aliphatic rings. The Morgan fingerprint density at radius 2 is 0.962 bits per heavy atom. The summed E-state index contributed by atoms with van der Waals surface area (Å²) in [5.41, 5.74) is 0. The maximum atomic E-state index is 11.4. The van der Waals surface area contributed by atoms with Gasteiger partial charge in [0.25, 0.3) is 0 Å². The van der Waals surface area contributed by atoms with Crippen LogP contribution in [-0.4, -0.2) is 103 Å². The normalized spacial score (nSPS) is 18.3. The standard InChI is InChI=1S/C14H26O12/c15-5-7(17)11(21)13(23)25-9(19)3-1-2-4-10(20)26-14(24)12(22)8(18)6-16/h7-8,11-18,21-24H,1-6H2/t7-,8-,11-,12-,13?,14?/m0/s1. The van der Waals surface area contributed by atoms with Gasteiger partial charge in [0.1, 0.15) is 24.4 Å². The number of aliphatic hydroxyl groups excluding tert-OH is 8. The molecule has 0 aromatic carbocycles. The van der Waals surface area contributed by atoms with Crippen LogP contribution in [-0.2, 0) is 19.1 Å². The van der Waals surface area contributed by atoms with E-state index in [9.17, 15) is 30.0 Å². The fourth-order valence-corrected chi connectivity index (χ4v) is 1.66. The first-order chi connectivity index (χ1) is 12.1. The number of carbonyl (C=O) groups excluding carboxylic acids is 2. The number of hydrogen-bond acceptors (Lipinski definition) is 12. The van der Waals surface area contributed by atoms with Crippen LogP contribution in [0.25, 0.3) is 0 Å². The number of rotatable bonds is 13. The summed E-state index contributed by atoms with van der Waals surface area (Å²) in [5, 5.41) is 72.6. The molecule has 0 spiro atoms. The van der Waals surface area contributed by atoms with Crippen molar-refractivity contribution >= 4 is 11.9 Å². The lowest BCUT2D eigenvalue weighted by molar-refractivity contribution is -0.203. The van der Waals surface area contributed by atoms with E-state index in [0.717, 1.165) is 0 Å². The summed E-state index contributed by atoms with van der Waals surface area (Å²) in [6.45, 7) is -1.68. The van der Waals surface area contributed by atoms with E-state index in [2.05, 4.69) is 9.47 Å². The Kier molecular flexibility index (Phi) is 12.2. The first-order valence-electron chi connectivity index (χ1n) is 7.83. The van der Waals surface area contributed by atoms with Crippen molar-refractivity contribution in [2.75, 3.05) is 13.2 Å². The minimum absolute atomic E-state index is 0.122. The Morgan fingerprint density at radius 1 is 0.654 bits per heavy atom. The number of unbranched alkanes of at least 4 members (excludes halogenated alkanes) is 1. The van der Waals surface area contributed by atoms with Gasteiger partial charge < -0.3 is 50.3 Å². The average Bonchev–Trinajstić information content (AvgIpc) is 2.62. The van der Waals surface area contributed by atoms with Crippen LogP contribution in [0.3, 0.4) is 0 Å². The molecule has 0 amide bonds. The molecule has 0 saturated carbocycles. The topological polar surface area (TPSA) is 214 Å². The Morgan fingerprint density at radius 3 is 1.23 bits per heavy atom. The average molecular weight is 386 g/mol. The van der Waals surface area contributed by atoms with E-state index < -0.39 is 62.1 Å². The van der Waals surface area contributed by atoms with Crippen LogP contribution in [0.4, 0.5) is 0 Å². The molecule has 154 valence electrons. The highest BCUT2D eigenvalue weighted by atomic mass is 16.7. The smallest absolute Gasteiger partial charge is 0.308 e. The predicted octanol–water partition coefficient (Wildman–Crippen LogP) is -4.30. The highest BCUT2D eigenvalue weighted by Crippen LogP contribution is 2.09. The molecule has 0 heterocycles. The van der Waals surface area contributed by atoms with Crippen LogP contribution in [0.1, 0.15) is 25.7 Å². The number of ether oxygens (including phenoxy) is 2. The second-order valence-corrected chi connectivity index (χ2v) is 5.45. The molecule has 6 atom stereocenters. The third-order valence-electron chi connectivity index (χ3n) is 3.26. The highest BCUT2D eigenvalue weighted by Gasteiger charge is 2.28. The van der Waals surface area contributed by atoms with Crippen molar-refractivity contribution in [2.24, 2.45) is 0 Å². The van der Waals surface area contributed by atoms with Gasteiger partial charge in [0, 0.05) is 12.8 Å². The molecule has 0 aliphatic heterocycles. The molecular formula is C14H26O12. The summed E-state index contributed by atoms with van der Waals surface area (Å²) < 4.78 is 8.86. The summed E-state index contributed by atoms with van der Waals surface area (Å²) in [6.07, 6.45) is -11.4. The summed E-state index contributed by atoms with van der Waals surface area (Å²) >= 11 is 0. The van der Waals surface area contributed by atoms with Crippen molar-refractivity contribution in [1.82, 2.24) is 0 Å². The number of esters is 2. The minimum atomic E-state index is -2.02. The van der Waals surface area contributed by atoms with Gasteiger partial charge in [-0.15, -0.1) is 0 Å². The molecule has 0 bridgehead atoms. The molecular weight excluding hydrogens is 360 g/mol. The molecule has 26 heavy (non-hydrogen) atoms. The van der Waals surface area contributed by atoms with Gasteiger partial charge in [-0.25, -0.2) is 0 Å². The molecule has 0 aliphatic carbocycles. The lowest BCUT2D eigenvalue weighted by atomic mass is 10.2. The van der Waals surface area contributed by atoms with Crippen LogP contribution >= 0.6 is 0 Å². The van der Waals surface area contributed by atoms with E-state index in [1.54, 1.807) is 0 Å². The van der Waals surface area contributed by atoms with Crippen LogP contribution in [0.5, 0.6) is 0 Å². The monoisotopic (exact) mass is 386 g/mol. The Bertz CT molecular complexity index is 379. The van der Waals surface area contributed by atoms with E-state index in [-0.39, 0.29) is 25.7 Å². The molecule has 12 nitrogen and oxygen atoms in total. The highest BCUT2D eigenvalue weighted by molar-refractivity contribution is 5.70. The van der Waals surface area contributed by atoms with Crippen molar-refractivity contribution in [3.05, 3.63) is 0 Å². The third-order valence-corrected chi connectivity index (χ3v) is 3.26. The Labute approximate surface area is 148 Å². The lowest BCUT2D eigenvalue weighted by Crippen LogP contribution is -2.42. The van der Waals surface area contributed by atoms with Crippen molar-refractivity contribution in [3.63, 3.8) is 0 Å². The lowest BCUT2D eigenvalue weighted by Gasteiger charge is -2.21. The summed E-state index contributed by atoms with van der Waals surface area (Å²) in [5.74, 6) is -1.84. The zero-order valence-electron chi connectivity index (χ0n) is 13.9. The van der Waals surface area contributed by atoms with Gasteiger partial charge in [-0.3, -0.25) is 9.59 Å². The fraction of sp³-hybridized carbons (Fsp3) is 0.857. The third kappa shape index (κ3) is 9.35. The van der Waals surface area contributed by atoms with Gasteiger partial charge in [-0.1, -0.05) is 0 Å². The molecule has 0 aromatic rings. The van der Waals surface area contributed by atoms with Crippen LogP contribution in [0.2, 0.25) is 0 Å². The molecule has 2 unspecified atom stereocenters. The van der Waals surface area contributed by atoms with Crippen molar-refractivity contribution in [2.45, 2.75) is 62.7 Å². The van der Waals surface area contributed by atoms with E-state index in [1.807, 2.05) is 0 Å².